The molecule has 2 aromatic carbocycles. The molecule has 0 bridgehead atoms. The smallest absolute Gasteiger partial charge is 0.405 e. The summed E-state index contributed by atoms with van der Waals surface area (Å²) < 4.78 is 5.33. The molecule has 1 amide bonds. The normalized spacial score (nSPS) is 13.5. The molecule has 2 rings (SSSR count). The lowest BCUT2D eigenvalue weighted by atomic mass is 9.90. The fourth-order valence-electron chi connectivity index (χ4n) is 2.56. The Morgan fingerprint density at radius 1 is 1.12 bits per heavy atom. The topological polar surface area (TPSA) is 103 Å². The average Bonchev–Trinajstić information content (AvgIpc) is 2.62. The molecular weight excluding hydrogens is 348 g/mol. The Morgan fingerprint density at radius 3 is 2.19 bits per heavy atom. The molecule has 0 fully saturated rings. The zero-order chi connectivity index (χ0) is 19.2. The molecule has 0 heterocycles. The van der Waals surface area contributed by atoms with E-state index in [9.17, 15) is 4.79 Å². The van der Waals surface area contributed by atoms with Crippen LogP contribution in [0.5, 0.6) is 0 Å². The van der Waals surface area contributed by atoms with Gasteiger partial charge in [-0.25, -0.2) is 4.79 Å². The van der Waals surface area contributed by atoms with Crippen LogP contribution in [0.4, 0.5) is 4.79 Å². The molecule has 1 atom stereocenters. The van der Waals surface area contributed by atoms with E-state index in [4.69, 9.17) is 28.4 Å². The van der Waals surface area contributed by atoms with Crippen LogP contribution in [0.25, 0.3) is 11.1 Å². The van der Waals surface area contributed by atoms with E-state index in [1.807, 2.05) is 61.5 Å². The first kappa shape index (κ1) is 19.4. The van der Waals surface area contributed by atoms with Gasteiger partial charge in [-0.1, -0.05) is 61.5 Å². The number of carbonyl (C=O) groups is 1. The lowest BCUT2D eigenvalue weighted by Crippen LogP contribution is -2.43. The van der Waals surface area contributed by atoms with Crippen molar-refractivity contribution in [1.29, 1.82) is 0 Å². The Hall–Kier alpha value is -2.93. The number of nitrogens with one attached hydrogen (secondary N) is 1. The fourth-order valence-corrected chi connectivity index (χ4v) is 2.61. The second-order valence-electron chi connectivity index (χ2n) is 5.89. The van der Waals surface area contributed by atoms with E-state index in [0.29, 0.717) is 12.1 Å². The zero-order valence-corrected chi connectivity index (χ0v) is 15.5. The first-order valence-corrected chi connectivity index (χ1v) is 8.54. The van der Waals surface area contributed by atoms with E-state index in [1.54, 1.807) is 6.92 Å². The highest BCUT2D eigenvalue weighted by atomic mass is 32.1. The first-order chi connectivity index (χ1) is 12.4. The van der Waals surface area contributed by atoms with Crippen molar-refractivity contribution >= 4 is 29.1 Å². The molecule has 0 aliphatic carbocycles. The molecule has 0 aliphatic heterocycles. The van der Waals surface area contributed by atoms with E-state index in [1.165, 1.54) is 0 Å². The van der Waals surface area contributed by atoms with Gasteiger partial charge >= 0.3 is 6.09 Å². The highest BCUT2D eigenvalue weighted by Gasteiger charge is 2.34. The van der Waals surface area contributed by atoms with Gasteiger partial charge in [0.2, 0.25) is 0 Å². The summed E-state index contributed by atoms with van der Waals surface area (Å²) in [6.45, 7) is 3.61. The van der Waals surface area contributed by atoms with Crippen molar-refractivity contribution in [3.05, 3.63) is 60.2 Å². The van der Waals surface area contributed by atoms with E-state index in [-0.39, 0.29) is 5.11 Å². The number of nitrogens with zero attached hydrogens (tertiary/aromatic N) is 1. The summed E-state index contributed by atoms with van der Waals surface area (Å²) in [6.07, 6.45) is -0.410. The van der Waals surface area contributed by atoms with E-state index in [0.717, 1.165) is 16.7 Å². The van der Waals surface area contributed by atoms with Gasteiger partial charge in [-0.3, -0.25) is 5.43 Å². The predicted octanol–water partition coefficient (Wildman–Crippen LogP) is 3.15. The van der Waals surface area contributed by atoms with Crippen molar-refractivity contribution in [3.8, 4) is 11.1 Å². The maximum Gasteiger partial charge on any atom is 0.405 e. The first-order valence-electron chi connectivity index (χ1n) is 8.13. The number of carbonyl (C=O) groups excluding carboxylic acids is 1. The van der Waals surface area contributed by atoms with Crippen LogP contribution in [0.2, 0.25) is 0 Å². The van der Waals surface area contributed by atoms with Gasteiger partial charge in [-0.15, -0.1) is 0 Å². The van der Waals surface area contributed by atoms with Gasteiger partial charge in [0.05, 0.1) is 0 Å². The molecule has 1 unspecified atom stereocenters. The zero-order valence-electron chi connectivity index (χ0n) is 14.7. The van der Waals surface area contributed by atoms with Crippen LogP contribution in [0.1, 0.15) is 25.8 Å². The molecule has 2 aromatic rings. The van der Waals surface area contributed by atoms with Gasteiger partial charge in [0.1, 0.15) is 5.71 Å². The van der Waals surface area contributed by atoms with Gasteiger partial charge in [0.25, 0.3) is 0 Å². The molecule has 0 saturated carbocycles. The maximum absolute atomic E-state index is 11.4. The fraction of sp³-hybridized carbons (Fsp3) is 0.211. The van der Waals surface area contributed by atoms with Crippen LogP contribution in [0, 0.1) is 0 Å². The monoisotopic (exact) mass is 370 g/mol. The summed E-state index contributed by atoms with van der Waals surface area (Å²) >= 11 is 4.82. The molecule has 0 radical (unpaired) electrons. The standard InChI is InChI=1S/C19H22N4O2S/c1-3-19(2,25-18(21)24)16(22-23-17(20)26)15-11-9-14(10-12-15)13-7-5-4-6-8-13/h4-12H,3H2,1-2H3,(H2,21,24)(H3,20,23,26). The van der Waals surface area contributed by atoms with Crippen LogP contribution in [-0.2, 0) is 4.74 Å². The molecule has 0 saturated heterocycles. The van der Waals surface area contributed by atoms with E-state index in [2.05, 4.69) is 10.5 Å². The summed E-state index contributed by atoms with van der Waals surface area (Å²) in [4.78, 5) is 11.4. The summed E-state index contributed by atoms with van der Waals surface area (Å²) in [7, 11) is 0. The lowest BCUT2D eigenvalue weighted by Gasteiger charge is -2.29. The van der Waals surface area contributed by atoms with Gasteiger partial charge in [0, 0.05) is 5.56 Å². The van der Waals surface area contributed by atoms with Crippen LogP contribution < -0.4 is 16.9 Å². The van der Waals surface area contributed by atoms with Crippen molar-refractivity contribution < 1.29 is 9.53 Å². The Bertz CT molecular complexity index is 806. The van der Waals surface area contributed by atoms with Crippen molar-refractivity contribution in [1.82, 2.24) is 5.43 Å². The van der Waals surface area contributed by atoms with Crippen molar-refractivity contribution in [3.63, 3.8) is 0 Å². The minimum Gasteiger partial charge on any atom is -0.437 e. The summed E-state index contributed by atoms with van der Waals surface area (Å²) in [5.74, 6) is 0. The molecule has 0 aromatic heterocycles. The molecule has 5 N–H and O–H groups in total. The third-order valence-corrected chi connectivity index (χ3v) is 4.14. The molecule has 7 heteroatoms. The number of ether oxygens (including phenoxy) is 1. The molecule has 0 spiro atoms. The van der Waals surface area contributed by atoms with Gasteiger partial charge in [-0.2, -0.15) is 5.10 Å². The third-order valence-electron chi connectivity index (χ3n) is 4.04. The summed E-state index contributed by atoms with van der Waals surface area (Å²) in [6, 6.07) is 17.8. The SMILES string of the molecule is CCC(C)(OC(N)=O)C(=NNC(N)=S)c1ccc(-c2ccccc2)cc1. The lowest BCUT2D eigenvalue weighted by molar-refractivity contribution is 0.0780. The Morgan fingerprint density at radius 2 is 1.69 bits per heavy atom. The average molecular weight is 370 g/mol. The van der Waals surface area contributed by atoms with Crippen LogP contribution in [-0.4, -0.2) is 22.5 Å². The second-order valence-corrected chi connectivity index (χ2v) is 6.33. The molecular formula is C19H22N4O2S. The quantitative estimate of drug-likeness (QED) is 0.412. The minimum absolute atomic E-state index is 0.0148. The Kier molecular flexibility index (Phi) is 6.30. The van der Waals surface area contributed by atoms with E-state index >= 15 is 0 Å². The number of amides is 1. The predicted molar refractivity (Wildman–Crippen MR) is 108 cm³/mol. The number of benzene rings is 2. The number of primary amides is 1. The second kappa shape index (κ2) is 8.44. The summed E-state index contributed by atoms with van der Waals surface area (Å²) in [5.41, 5.74) is 15.7. The number of hydrazone groups is 1. The number of nitrogens with two attached hydrogens (primary N) is 2. The van der Waals surface area contributed by atoms with Crippen molar-refractivity contribution in [2.24, 2.45) is 16.6 Å². The van der Waals surface area contributed by atoms with Crippen LogP contribution in [0.15, 0.2) is 59.7 Å². The molecule has 136 valence electrons. The Labute approximate surface area is 158 Å². The van der Waals surface area contributed by atoms with Crippen molar-refractivity contribution in [2.75, 3.05) is 0 Å². The summed E-state index contributed by atoms with van der Waals surface area (Å²) in [5, 5.41) is 4.27. The van der Waals surface area contributed by atoms with E-state index < -0.39 is 11.7 Å². The van der Waals surface area contributed by atoms with Crippen LogP contribution >= 0.6 is 12.2 Å². The van der Waals surface area contributed by atoms with Gasteiger partial charge in [-0.05, 0) is 36.7 Å². The highest BCUT2D eigenvalue weighted by molar-refractivity contribution is 7.80. The Balaban J connectivity index is 2.43. The van der Waals surface area contributed by atoms with Gasteiger partial charge in [0.15, 0.2) is 10.7 Å². The molecule has 6 nitrogen and oxygen atoms in total. The van der Waals surface area contributed by atoms with Gasteiger partial charge < -0.3 is 16.2 Å². The number of hydrogen-bond acceptors (Lipinski definition) is 4. The highest BCUT2D eigenvalue weighted by Crippen LogP contribution is 2.25. The molecule has 0 aliphatic rings. The van der Waals surface area contributed by atoms with Crippen LogP contribution in [0.3, 0.4) is 0 Å². The third kappa shape index (κ3) is 4.80. The number of thiocarbonyl (C=S) groups is 1. The number of hydrogen-bond donors (Lipinski definition) is 3. The largest absolute Gasteiger partial charge is 0.437 e. The molecule has 26 heavy (non-hydrogen) atoms. The maximum atomic E-state index is 11.4. The minimum atomic E-state index is -1.03. The number of rotatable bonds is 6. The van der Waals surface area contributed by atoms with Crippen molar-refractivity contribution in [2.45, 2.75) is 25.9 Å².